The van der Waals surface area contributed by atoms with Gasteiger partial charge in [-0.2, -0.15) is 5.10 Å². The van der Waals surface area contributed by atoms with Gasteiger partial charge >= 0.3 is 0 Å². The van der Waals surface area contributed by atoms with Gasteiger partial charge in [-0.25, -0.2) is 8.78 Å². The van der Waals surface area contributed by atoms with Gasteiger partial charge in [0.2, 0.25) is 5.91 Å². The molecule has 5 nitrogen and oxygen atoms in total. The molecule has 0 aliphatic carbocycles. The van der Waals surface area contributed by atoms with Crippen molar-refractivity contribution in [3.05, 3.63) is 87.7 Å². The molecule has 1 aromatic heterocycles. The third kappa shape index (κ3) is 3.92. The highest BCUT2D eigenvalue weighted by atomic mass is 19.2. The lowest BCUT2D eigenvalue weighted by Crippen LogP contribution is -2.56. The predicted molar refractivity (Wildman–Crippen MR) is 128 cm³/mol. The van der Waals surface area contributed by atoms with Gasteiger partial charge in [-0.3, -0.25) is 14.4 Å². The van der Waals surface area contributed by atoms with E-state index in [0.29, 0.717) is 24.9 Å². The fourth-order valence-electron chi connectivity index (χ4n) is 5.36. The summed E-state index contributed by atoms with van der Waals surface area (Å²) in [4.78, 5) is 15.1. The minimum atomic E-state index is -1.07. The number of benzene rings is 2. The van der Waals surface area contributed by atoms with Crippen LogP contribution in [0.1, 0.15) is 60.0 Å². The van der Waals surface area contributed by atoms with Crippen LogP contribution in [0, 0.1) is 25.5 Å². The molecule has 2 N–H and O–H groups in total. The smallest absolute Gasteiger partial charge is 0.242 e. The van der Waals surface area contributed by atoms with Crippen LogP contribution in [-0.2, 0) is 29.7 Å². The van der Waals surface area contributed by atoms with Gasteiger partial charge in [0, 0.05) is 36.8 Å². The van der Waals surface area contributed by atoms with Gasteiger partial charge in [0.15, 0.2) is 11.6 Å². The average molecular weight is 467 g/mol. The molecule has 4 rings (SSSR count). The van der Waals surface area contributed by atoms with Crippen molar-refractivity contribution in [1.29, 1.82) is 0 Å². The highest BCUT2D eigenvalue weighted by molar-refractivity contribution is 5.86. The zero-order chi connectivity index (χ0) is 24.6. The van der Waals surface area contributed by atoms with Gasteiger partial charge in [-0.15, -0.1) is 0 Å². The Morgan fingerprint density at radius 1 is 1.15 bits per heavy atom. The van der Waals surface area contributed by atoms with Gasteiger partial charge in [0.1, 0.15) is 5.54 Å². The molecule has 7 heteroatoms. The van der Waals surface area contributed by atoms with E-state index in [-0.39, 0.29) is 11.6 Å². The van der Waals surface area contributed by atoms with E-state index in [1.165, 1.54) is 0 Å². The molecule has 1 aliphatic heterocycles. The normalized spacial score (nSPS) is 17.9. The number of amides is 1. The molecule has 0 saturated heterocycles. The summed E-state index contributed by atoms with van der Waals surface area (Å²) in [6.45, 7) is 8.77. The van der Waals surface area contributed by atoms with Crippen LogP contribution in [0.15, 0.2) is 42.5 Å². The van der Waals surface area contributed by atoms with Crippen LogP contribution in [0.25, 0.3) is 0 Å². The zero-order valence-electron chi connectivity index (χ0n) is 20.2. The number of aromatic nitrogens is 2. The Morgan fingerprint density at radius 3 is 2.50 bits per heavy atom. The van der Waals surface area contributed by atoms with Crippen LogP contribution < -0.4 is 5.73 Å². The Morgan fingerprint density at radius 2 is 1.85 bits per heavy atom. The van der Waals surface area contributed by atoms with Crippen molar-refractivity contribution in [2.24, 2.45) is 5.73 Å². The van der Waals surface area contributed by atoms with E-state index < -0.39 is 23.1 Å². The minimum absolute atomic E-state index is 0.231. The van der Waals surface area contributed by atoms with E-state index in [4.69, 9.17) is 10.8 Å². The maximum Gasteiger partial charge on any atom is 0.242 e. The highest BCUT2D eigenvalue weighted by Gasteiger charge is 2.46. The van der Waals surface area contributed by atoms with Crippen molar-refractivity contribution in [2.75, 3.05) is 6.54 Å². The standard InChI is InChI=1S/C27H32F2N4O/c1-5-33-22-15-16-32(27(4,26(30)34)20-9-7-6-8-10-20)21(23(22)18(3)31-33)14-13-19-12-11-17(2)24(28)25(19)29/h6-12,21H,5,13-16H2,1-4H3,(H2,30,34). The number of hydrogen-bond donors (Lipinski definition) is 1. The summed E-state index contributed by atoms with van der Waals surface area (Å²) < 4.78 is 30.9. The van der Waals surface area contributed by atoms with Crippen molar-refractivity contribution < 1.29 is 13.6 Å². The Labute approximate surface area is 199 Å². The van der Waals surface area contributed by atoms with Crippen molar-refractivity contribution in [3.8, 4) is 0 Å². The van der Waals surface area contributed by atoms with Crippen molar-refractivity contribution in [2.45, 2.75) is 65.1 Å². The molecule has 2 heterocycles. The average Bonchev–Trinajstić information content (AvgIpc) is 3.17. The topological polar surface area (TPSA) is 64.2 Å². The number of aryl methyl sites for hydroxylation is 4. The summed E-state index contributed by atoms with van der Waals surface area (Å²) in [5, 5.41) is 4.73. The molecular weight excluding hydrogens is 434 g/mol. The molecule has 180 valence electrons. The van der Waals surface area contributed by atoms with Crippen molar-refractivity contribution in [3.63, 3.8) is 0 Å². The van der Waals surface area contributed by atoms with Crippen molar-refractivity contribution in [1.82, 2.24) is 14.7 Å². The lowest BCUT2D eigenvalue weighted by atomic mass is 9.82. The van der Waals surface area contributed by atoms with E-state index in [0.717, 1.165) is 35.5 Å². The monoisotopic (exact) mass is 466 g/mol. The van der Waals surface area contributed by atoms with E-state index in [1.54, 1.807) is 19.1 Å². The second-order valence-corrected chi connectivity index (χ2v) is 9.23. The van der Waals surface area contributed by atoms with Gasteiger partial charge in [-0.1, -0.05) is 42.5 Å². The minimum Gasteiger partial charge on any atom is -0.368 e. The number of carbonyl (C=O) groups excluding carboxylic acids is 1. The van der Waals surface area contributed by atoms with Gasteiger partial charge in [0.25, 0.3) is 0 Å². The molecule has 2 aromatic carbocycles. The third-order valence-corrected chi connectivity index (χ3v) is 7.31. The molecule has 0 fully saturated rings. The Bertz CT molecular complexity index is 1210. The molecule has 1 aliphatic rings. The molecule has 0 bridgehead atoms. The number of halogens is 2. The number of rotatable bonds is 7. The van der Waals surface area contributed by atoms with Gasteiger partial charge < -0.3 is 5.73 Å². The maximum atomic E-state index is 14.7. The quantitative estimate of drug-likeness (QED) is 0.548. The summed E-state index contributed by atoms with van der Waals surface area (Å²) in [6.07, 6.45) is 1.55. The van der Waals surface area contributed by atoms with E-state index >= 15 is 0 Å². The number of primary amides is 1. The Balaban J connectivity index is 1.80. The number of nitrogens with zero attached hydrogens (tertiary/aromatic N) is 3. The Kier molecular flexibility index (Phi) is 6.58. The van der Waals surface area contributed by atoms with Crippen LogP contribution in [0.5, 0.6) is 0 Å². The summed E-state index contributed by atoms with van der Waals surface area (Å²) in [6, 6.07) is 12.5. The second kappa shape index (κ2) is 9.29. The molecule has 34 heavy (non-hydrogen) atoms. The molecule has 3 aromatic rings. The number of nitrogens with two attached hydrogens (primary N) is 1. The molecule has 0 radical (unpaired) electrons. The SMILES string of the molecule is CCn1nc(C)c2c1CCN(C(C)(C(N)=O)c1ccccc1)C2CCc1ccc(C)c(F)c1F. The lowest BCUT2D eigenvalue weighted by Gasteiger charge is -2.47. The fraction of sp³-hybridized carbons (Fsp3) is 0.407. The second-order valence-electron chi connectivity index (χ2n) is 9.23. The first-order valence-electron chi connectivity index (χ1n) is 11.8. The number of hydrogen-bond acceptors (Lipinski definition) is 3. The van der Waals surface area contributed by atoms with Crippen LogP contribution in [0.4, 0.5) is 8.78 Å². The largest absolute Gasteiger partial charge is 0.368 e. The summed E-state index contributed by atoms with van der Waals surface area (Å²) >= 11 is 0. The summed E-state index contributed by atoms with van der Waals surface area (Å²) in [5.41, 5.74) is 9.49. The first-order chi connectivity index (χ1) is 16.2. The first kappa shape index (κ1) is 24.1. The van der Waals surface area contributed by atoms with Gasteiger partial charge in [0.05, 0.1) is 5.69 Å². The van der Waals surface area contributed by atoms with E-state index in [2.05, 4.69) is 11.8 Å². The molecule has 1 amide bonds. The molecular formula is C27H32F2N4O. The number of carbonyl (C=O) groups is 1. The van der Waals surface area contributed by atoms with Crippen LogP contribution in [-0.4, -0.2) is 27.1 Å². The Hall–Kier alpha value is -3.06. The summed E-state index contributed by atoms with van der Waals surface area (Å²) in [7, 11) is 0. The fourth-order valence-corrected chi connectivity index (χ4v) is 5.36. The van der Waals surface area contributed by atoms with Crippen LogP contribution in [0.3, 0.4) is 0 Å². The third-order valence-electron chi connectivity index (χ3n) is 7.31. The predicted octanol–water partition coefficient (Wildman–Crippen LogP) is 4.73. The van der Waals surface area contributed by atoms with E-state index in [1.807, 2.05) is 48.9 Å². The number of fused-ring (bicyclic) bond motifs is 1. The molecule has 2 unspecified atom stereocenters. The summed E-state index contributed by atoms with van der Waals surface area (Å²) in [5.74, 6) is -2.05. The van der Waals surface area contributed by atoms with Gasteiger partial charge in [-0.05, 0) is 57.2 Å². The lowest BCUT2D eigenvalue weighted by molar-refractivity contribution is -0.132. The van der Waals surface area contributed by atoms with E-state index in [9.17, 15) is 13.6 Å². The zero-order valence-corrected chi connectivity index (χ0v) is 20.2. The first-order valence-corrected chi connectivity index (χ1v) is 11.8. The molecule has 0 saturated carbocycles. The maximum absolute atomic E-state index is 14.7. The van der Waals surface area contributed by atoms with Crippen LogP contribution in [0.2, 0.25) is 0 Å². The highest BCUT2D eigenvalue weighted by Crippen LogP contribution is 2.43. The molecule has 2 atom stereocenters. The molecule has 0 spiro atoms. The van der Waals surface area contributed by atoms with Crippen molar-refractivity contribution >= 4 is 5.91 Å². The van der Waals surface area contributed by atoms with Crippen LogP contribution >= 0.6 is 0 Å².